The zero-order chi connectivity index (χ0) is 12.6. The van der Waals surface area contributed by atoms with Crippen LogP contribution in [-0.4, -0.2) is 44.2 Å². The van der Waals surface area contributed by atoms with Gasteiger partial charge in [-0.3, -0.25) is 0 Å². The van der Waals surface area contributed by atoms with Crippen LogP contribution in [0.25, 0.3) is 0 Å². The molecule has 0 aromatic carbocycles. The molecule has 96 valence electrons. The first kappa shape index (κ1) is 13.1. The van der Waals surface area contributed by atoms with Gasteiger partial charge in [0.15, 0.2) is 0 Å². The van der Waals surface area contributed by atoms with Crippen molar-refractivity contribution < 1.29 is 14.6 Å². The standard InChI is InChI=1S/C13H22O3Si/c1-9(13-8-15-13)10(14)7-12-11(16-12)5-6-17(2,3)4/h9-14H,7-8H2,1-4H3/t9-,10-,11-,12-,13-/m1/s1. The van der Waals surface area contributed by atoms with E-state index in [4.69, 9.17) is 9.47 Å². The minimum Gasteiger partial charge on any atom is -0.393 e. The second kappa shape index (κ2) is 4.73. The van der Waals surface area contributed by atoms with E-state index in [0.29, 0.717) is 6.42 Å². The predicted molar refractivity (Wildman–Crippen MR) is 69.3 cm³/mol. The fraction of sp³-hybridized carbons (Fsp3) is 0.846. The molecule has 0 saturated carbocycles. The monoisotopic (exact) mass is 254 g/mol. The summed E-state index contributed by atoms with van der Waals surface area (Å²) in [4.78, 5) is 0. The van der Waals surface area contributed by atoms with Crippen LogP contribution in [0.15, 0.2) is 0 Å². The number of aliphatic hydroxyl groups is 1. The van der Waals surface area contributed by atoms with Crippen molar-refractivity contribution in [3.63, 3.8) is 0 Å². The maximum absolute atomic E-state index is 9.98. The maximum Gasteiger partial charge on any atom is 0.144 e. The van der Waals surface area contributed by atoms with Crippen molar-refractivity contribution in [2.24, 2.45) is 5.92 Å². The van der Waals surface area contributed by atoms with Crippen molar-refractivity contribution in [1.82, 2.24) is 0 Å². The van der Waals surface area contributed by atoms with Crippen molar-refractivity contribution in [3.8, 4) is 11.5 Å². The fourth-order valence-electron chi connectivity index (χ4n) is 1.80. The normalized spacial score (nSPS) is 34.5. The molecule has 1 N–H and O–H groups in total. The smallest absolute Gasteiger partial charge is 0.144 e. The Bertz CT molecular complexity index is 335. The molecule has 0 spiro atoms. The predicted octanol–water partition coefficient (Wildman–Crippen LogP) is 1.42. The van der Waals surface area contributed by atoms with Crippen LogP contribution in [0.4, 0.5) is 0 Å². The molecular formula is C13H22O3Si. The quantitative estimate of drug-likeness (QED) is 0.469. The number of hydrogen-bond acceptors (Lipinski definition) is 3. The SMILES string of the molecule is C[C@H]([C@H](O)C[C@H]1O[C@@H]1C#C[Si](C)(C)C)[C@H]1CO1. The Hall–Kier alpha value is -0.343. The third-order valence-electron chi connectivity index (χ3n) is 3.20. The van der Waals surface area contributed by atoms with Crippen molar-refractivity contribution >= 4 is 8.07 Å². The Morgan fingerprint density at radius 2 is 2.06 bits per heavy atom. The zero-order valence-corrected chi connectivity index (χ0v) is 12.1. The molecule has 3 nitrogen and oxygen atoms in total. The van der Waals surface area contributed by atoms with Crippen LogP contribution in [0, 0.1) is 17.4 Å². The van der Waals surface area contributed by atoms with Gasteiger partial charge in [0, 0.05) is 12.3 Å². The molecule has 2 aliphatic rings. The molecule has 0 aromatic heterocycles. The topological polar surface area (TPSA) is 45.3 Å². The van der Waals surface area contributed by atoms with Crippen LogP contribution in [0.5, 0.6) is 0 Å². The molecular weight excluding hydrogens is 232 g/mol. The van der Waals surface area contributed by atoms with E-state index in [0.717, 1.165) is 6.61 Å². The van der Waals surface area contributed by atoms with Crippen molar-refractivity contribution in [1.29, 1.82) is 0 Å². The van der Waals surface area contributed by atoms with E-state index in [1.54, 1.807) is 0 Å². The number of ether oxygens (including phenoxy) is 2. The van der Waals surface area contributed by atoms with Crippen LogP contribution in [0.2, 0.25) is 19.6 Å². The van der Waals surface area contributed by atoms with E-state index in [1.807, 2.05) is 6.92 Å². The van der Waals surface area contributed by atoms with Gasteiger partial charge in [0.1, 0.15) is 14.2 Å². The summed E-state index contributed by atoms with van der Waals surface area (Å²) < 4.78 is 10.7. The molecule has 0 bridgehead atoms. The molecule has 0 unspecified atom stereocenters. The van der Waals surface area contributed by atoms with Crippen LogP contribution in [0.1, 0.15) is 13.3 Å². The number of aliphatic hydroxyl groups excluding tert-OH is 1. The number of hydrogen-bond donors (Lipinski definition) is 1. The van der Waals surface area contributed by atoms with Gasteiger partial charge < -0.3 is 14.6 Å². The van der Waals surface area contributed by atoms with Crippen molar-refractivity contribution in [2.75, 3.05) is 6.61 Å². The second-order valence-electron chi connectivity index (χ2n) is 6.15. The lowest BCUT2D eigenvalue weighted by Crippen LogP contribution is -2.24. The van der Waals surface area contributed by atoms with E-state index >= 15 is 0 Å². The zero-order valence-electron chi connectivity index (χ0n) is 11.1. The third-order valence-corrected chi connectivity index (χ3v) is 4.09. The van der Waals surface area contributed by atoms with Gasteiger partial charge in [-0.25, -0.2) is 0 Å². The van der Waals surface area contributed by atoms with Gasteiger partial charge in [0.05, 0.1) is 24.9 Å². The highest BCUT2D eigenvalue weighted by Crippen LogP contribution is 2.31. The van der Waals surface area contributed by atoms with Gasteiger partial charge in [0.25, 0.3) is 0 Å². The van der Waals surface area contributed by atoms with Crippen LogP contribution < -0.4 is 0 Å². The molecule has 0 aliphatic carbocycles. The molecule has 2 aliphatic heterocycles. The highest BCUT2D eigenvalue weighted by atomic mass is 28.3. The number of epoxide rings is 2. The molecule has 5 atom stereocenters. The van der Waals surface area contributed by atoms with E-state index in [-0.39, 0.29) is 30.3 Å². The van der Waals surface area contributed by atoms with Gasteiger partial charge in [-0.1, -0.05) is 32.5 Å². The first-order chi connectivity index (χ1) is 7.87. The van der Waals surface area contributed by atoms with Gasteiger partial charge in [-0.15, -0.1) is 5.54 Å². The van der Waals surface area contributed by atoms with Gasteiger partial charge in [-0.2, -0.15) is 0 Å². The minimum atomic E-state index is -1.30. The molecule has 2 fully saturated rings. The summed E-state index contributed by atoms with van der Waals surface area (Å²) >= 11 is 0. The van der Waals surface area contributed by atoms with Crippen molar-refractivity contribution in [3.05, 3.63) is 0 Å². The van der Waals surface area contributed by atoms with E-state index in [1.165, 1.54) is 0 Å². The lowest BCUT2D eigenvalue weighted by atomic mass is 9.97. The largest absolute Gasteiger partial charge is 0.393 e. The van der Waals surface area contributed by atoms with Crippen molar-refractivity contribution in [2.45, 2.75) is 57.4 Å². The minimum absolute atomic E-state index is 0.0590. The highest BCUT2D eigenvalue weighted by Gasteiger charge is 2.42. The Labute approximate surface area is 105 Å². The Balaban J connectivity index is 1.73. The Morgan fingerprint density at radius 1 is 1.41 bits per heavy atom. The molecule has 2 saturated heterocycles. The molecule has 17 heavy (non-hydrogen) atoms. The summed E-state index contributed by atoms with van der Waals surface area (Å²) in [6.07, 6.45) is 0.812. The van der Waals surface area contributed by atoms with E-state index < -0.39 is 8.07 Å². The first-order valence-corrected chi connectivity index (χ1v) is 9.84. The van der Waals surface area contributed by atoms with Gasteiger partial charge in [0.2, 0.25) is 0 Å². The summed E-state index contributed by atoms with van der Waals surface area (Å²) in [5.74, 6) is 3.40. The summed E-state index contributed by atoms with van der Waals surface area (Å²) in [5.41, 5.74) is 3.31. The number of rotatable bonds is 4. The molecule has 0 amide bonds. The Morgan fingerprint density at radius 3 is 2.59 bits per heavy atom. The lowest BCUT2D eigenvalue weighted by Gasteiger charge is -2.15. The van der Waals surface area contributed by atoms with Gasteiger partial charge in [-0.05, 0) is 0 Å². The van der Waals surface area contributed by atoms with E-state index in [9.17, 15) is 5.11 Å². The third kappa shape index (κ3) is 4.11. The highest BCUT2D eigenvalue weighted by molar-refractivity contribution is 6.83. The summed E-state index contributed by atoms with van der Waals surface area (Å²) in [6.45, 7) is 9.49. The molecule has 2 rings (SSSR count). The van der Waals surface area contributed by atoms with Crippen LogP contribution in [-0.2, 0) is 9.47 Å². The fourth-order valence-corrected chi connectivity index (χ4v) is 2.37. The summed E-state index contributed by atoms with van der Waals surface area (Å²) in [5, 5.41) is 9.98. The maximum atomic E-state index is 9.98. The van der Waals surface area contributed by atoms with Crippen LogP contribution in [0.3, 0.4) is 0 Å². The Kier molecular flexibility index (Phi) is 3.65. The summed E-state index contributed by atoms with van der Waals surface area (Å²) in [7, 11) is -1.30. The molecule has 0 radical (unpaired) electrons. The van der Waals surface area contributed by atoms with Crippen LogP contribution >= 0.6 is 0 Å². The van der Waals surface area contributed by atoms with Gasteiger partial charge >= 0.3 is 0 Å². The average Bonchev–Trinajstić information content (AvgIpc) is 3.08. The lowest BCUT2D eigenvalue weighted by molar-refractivity contribution is 0.0830. The second-order valence-corrected chi connectivity index (χ2v) is 10.9. The molecule has 2 heterocycles. The van der Waals surface area contributed by atoms with E-state index in [2.05, 4.69) is 31.1 Å². The molecule has 4 heteroatoms. The first-order valence-electron chi connectivity index (χ1n) is 6.34. The average molecular weight is 254 g/mol. The molecule has 0 aromatic rings. The summed E-state index contributed by atoms with van der Waals surface area (Å²) in [6, 6.07) is 0.